The third kappa shape index (κ3) is 7.68. The molecule has 0 amide bonds. The van der Waals surface area contributed by atoms with E-state index in [1.54, 1.807) is 37.3 Å². The first-order valence-electron chi connectivity index (χ1n) is 9.16. The first-order chi connectivity index (χ1) is 13.4. The van der Waals surface area contributed by atoms with Gasteiger partial charge in [-0.3, -0.25) is 4.99 Å². The third-order valence-electron chi connectivity index (χ3n) is 4.50. The normalized spacial score (nSPS) is 16.5. The fourth-order valence-electron chi connectivity index (χ4n) is 2.91. The molecule has 29 heavy (non-hydrogen) atoms. The Hall–Kier alpha value is -0.920. The molecular formula is C18H31IN4O4S2. The maximum absolute atomic E-state index is 12.4. The average Bonchev–Trinajstić information content (AvgIpc) is 2.72. The van der Waals surface area contributed by atoms with Crippen molar-refractivity contribution in [2.24, 2.45) is 4.99 Å². The zero-order chi connectivity index (χ0) is 20.6. The molecule has 1 atom stereocenters. The second-order valence-corrected chi connectivity index (χ2v) is 9.61. The van der Waals surface area contributed by atoms with E-state index in [0.717, 1.165) is 28.6 Å². The Kier molecular flexibility index (Phi) is 11.4. The Balaban J connectivity index is 0.00000420. The number of hydrogen-bond acceptors (Lipinski definition) is 6. The van der Waals surface area contributed by atoms with E-state index in [1.165, 1.54) is 0 Å². The molecule has 1 heterocycles. The largest absolute Gasteiger partial charge is 0.497 e. The van der Waals surface area contributed by atoms with Gasteiger partial charge in [-0.15, -0.1) is 24.0 Å². The molecule has 0 aliphatic carbocycles. The van der Waals surface area contributed by atoms with Gasteiger partial charge in [-0.25, -0.2) is 12.7 Å². The van der Waals surface area contributed by atoms with Crippen LogP contribution >= 0.6 is 35.7 Å². The van der Waals surface area contributed by atoms with E-state index in [-0.39, 0.29) is 42.3 Å². The number of guanidine groups is 1. The van der Waals surface area contributed by atoms with Gasteiger partial charge in [0.1, 0.15) is 11.5 Å². The standard InChI is InChI=1S/C18H30N4O4S2.HI/c1-14(16-13-15(25-3)5-6-17(16)26-4)21-18(19-2)20-7-12-28(23,24)22-8-10-27-11-9-22;/h5-6,13-14H,7-12H2,1-4H3,(H2,19,20,21);1H. The van der Waals surface area contributed by atoms with Crippen molar-refractivity contribution in [3.8, 4) is 11.5 Å². The van der Waals surface area contributed by atoms with E-state index in [9.17, 15) is 8.42 Å². The van der Waals surface area contributed by atoms with Crippen molar-refractivity contribution < 1.29 is 17.9 Å². The molecule has 1 saturated heterocycles. The Morgan fingerprint density at radius 3 is 2.55 bits per heavy atom. The molecule has 1 fully saturated rings. The van der Waals surface area contributed by atoms with Crippen LogP contribution in [0.3, 0.4) is 0 Å². The Morgan fingerprint density at radius 2 is 1.97 bits per heavy atom. The number of hydrogen-bond donors (Lipinski definition) is 2. The van der Waals surface area contributed by atoms with E-state index in [1.807, 2.05) is 25.1 Å². The molecule has 0 bridgehead atoms. The molecule has 0 aromatic heterocycles. The molecule has 8 nitrogen and oxygen atoms in total. The van der Waals surface area contributed by atoms with Crippen LogP contribution in [0.2, 0.25) is 0 Å². The lowest BCUT2D eigenvalue weighted by molar-refractivity contribution is 0.394. The number of sulfonamides is 1. The molecule has 11 heteroatoms. The quantitative estimate of drug-likeness (QED) is 0.286. The van der Waals surface area contributed by atoms with Crippen molar-refractivity contribution in [2.75, 3.05) is 58.2 Å². The van der Waals surface area contributed by atoms with Crippen molar-refractivity contribution >= 4 is 51.7 Å². The topological polar surface area (TPSA) is 92.3 Å². The minimum Gasteiger partial charge on any atom is -0.497 e. The molecule has 0 spiro atoms. The Labute approximate surface area is 195 Å². The van der Waals surface area contributed by atoms with Gasteiger partial charge >= 0.3 is 0 Å². The molecule has 2 N–H and O–H groups in total. The lowest BCUT2D eigenvalue weighted by Crippen LogP contribution is -2.44. The molecule has 1 aliphatic rings. The van der Waals surface area contributed by atoms with Crippen molar-refractivity contribution in [2.45, 2.75) is 13.0 Å². The first kappa shape index (κ1) is 26.1. The van der Waals surface area contributed by atoms with E-state index in [0.29, 0.717) is 19.0 Å². The molecule has 166 valence electrons. The minimum absolute atomic E-state index is 0. The molecule has 1 aliphatic heterocycles. The number of benzene rings is 1. The second kappa shape index (κ2) is 12.7. The Bertz CT molecular complexity index is 771. The zero-order valence-electron chi connectivity index (χ0n) is 17.3. The van der Waals surface area contributed by atoms with Crippen LogP contribution in [0.15, 0.2) is 23.2 Å². The lowest BCUT2D eigenvalue weighted by atomic mass is 10.1. The highest BCUT2D eigenvalue weighted by atomic mass is 127. The number of aliphatic imine (C=N–C) groups is 1. The smallest absolute Gasteiger partial charge is 0.215 e. The van der Waals surface area contributed by atoms with Gasteiger partial charge in [-0.05, 0) is 25.1 Å². The van der Waals surface area contributed by atoms with Gasteiger partial charge in [0.05, 0.1) is 26.0 Å². The van der Waals surface area contributed by atoms with Crippen LogP contribution in [-0.4, -0.2) is 76.8 Å². The summed E-state index contributed by atoms with van der Waals surface area (Å²) in [7, 11) is 1.64. The highest BCUT2D eigenvalue weighted by Gasteiger charge is 2.23. The van der Waals surface area contributed by atoms with E-state index in [2.05, 4.69) is 15.6 Å². The summed E-state index contributed by atoms with van der Waals surface area (Å²) in [5, 5.41) is 6.35. The zero-order valence-corrected chi connectivity index (χ0v) is 21.3. The van der Waals surface area contributed by atoms with Crippen LogP contribution in [0.1, 0.15) is 18.5 Å². The molecular weight excluding hydrogens is 527 g/mol. The summed E-state index contributed by atoms with van der Waals surface area (Å²) in [4.78, 5) is 4.19. The highest BCUT2D eigenvalue weighted by molar-refractivity contribution is 14.0. The van der Waals surface area contributed by atoms with Crippen LogP contribution in [0.5, 0.6) is 11.5 Å². The molecule has 0 saturated carbocycles. The van der Waals surface area contributed by atoms with Crippen LogP contribution in [0, 0.1) is 0 Å². The highest BCUT2D eigenvalue weighted by Crippen LogP contribution is 2.29. The van der Waals surface area contributed by atoms with Gasteiger partial charge in [-0.1, -0.05) is 0 Å². The van der Waals surface area contributed by atoms with Gasteiger partial charge < -0.3 is 20.1 Å². The maximum Gasteiger partial charge on any atom is 0.215 e. The second-order valence-electron chi connectivity index (χ2n) is 6.30. The third-order valence-corrected chi connectivity index (χ3v) is 7.31. The molecule has 0 radical (unpaired) electrons. The molecule has 1 aromatic carbocycles. The summed E-state index contributed by atoms with van der Waals surface area (Å²) in [5.41, 5.74) is 0.920. The maximum atomic E-state index is 12.4. The minimum atomic E-state index is -3.25. The molecule has 2 rings (SSSR count). The fraction of sp³-hybridized carbons (Fsp3) is 0.611. The summed E-state index contributed by atoms with van der Waals surface area (Å²) in [6.45, 7) is 3.44. The van der Waals surface area contributed by atoms with Crippen LogP contribution in [-0.2, 0) is 10.0 Å². The predicted octanol–water partition coefficient (Wildman–Crippen LogP) is 1.93. The first-order valence-corrected chi connectivity index (χ1v) is 11.9. The SMILES string of the molecule is CN=C(NCCS(=O)(=O)N1CCSCC1)NC(C)c1cc(OC)ccc1OC.I. The number of nitrogens with zero attached hydrogens (tertiary/aromatic N) is 2. The summed E-state index contributed by atoms with van der Waals surface area (Å²) in [6.07, 6.45) is 0. The van der Waals surface area contributed by atoms with Gasteiger partial charge in [-0.2, -0.15) is 11.8 Å². The Morgan fingerprint density at radius 1 is 1.28 bits per heavy atom. The number of thioether (sulfide) groups is 1. The van der Waals surface area contributed by atoms with Gasteiger partial charge in [0.15, 0.2) is 5.96 Å². The van der Waals surface area contributed by atoms with Gasteiger partial charge in [0.25, 0.3) is 0 Å². The van der Waals surface area contributed by atoms with Gasteiger partial charge in [0, 0.05) is 43.8 Å². The van der Waals surface area contributed by atoms with Crippen LogP contribution < -0.4 is 20.1 Å². The summed E-state index contributed by atoms with van der Waals surface area (Å²) in [6, 6.07) is 5.48. The summed E-state index contributed by atoms with van der Waals surface area (Å²) in [5.74, 6) is 3.75. The number of halogens is 1. The lowest BCUT2D eigenvalue weighted by Gasteiger charge is -2.26. The predicted molar refractivity (Wildman–Crippen MR) is 131 cm³/mol. The average molecular weight is 559 g/mol. The van der Waals surface area contributed by atoms with Crippen molar-refractivity contribution in [3.63, 3.8) is 0 Å². The van der Waals surface area contributed by atoms with Crippen molar-refractivity contribution in [1.82, 2.24) is 14.9 Å². The number of methoxy groups -OCH3 is 2. The van der Waals surface area contributed by atoms with Crippen molar-refractivity contribution in [1.29, 1.82) is 0 Å². The molecule has 1 aromatic rings. The van der Waals surface area contributed by atoms with E-state index in [4.69, 9.17) is 9.47 Å². The molecule has 1 unspecified atom stereocenters. The summed E-state index contributed by atoms with van der Waals surface area (Å²) < 4.78 is 37.2. The van der Waals surface area contributed by atoms with E-state index < -0.39 is 10.0 Å². The fourth-order valence-corrected chi connectivity index (χ4v) is 5.40. The van der Waals surface area contributed by atoms with E-state index >= 15 is 0 Å². The monoisotopic (exact) mass is 558 g/mol. The van der Waals surface area contributed by atoms with Gasteiger partial charge in [0.2, 0.25) is 10.0 Å². The summed E-state index contributed by atoms with van der Waals surface area (Å²) >= 11 is 1.79. The number of nitrogens with one attached hydrogen (secondary N) is 2. The van der Waals surface area contributed by atoms with Crippen LogP contribution in [0.25, 0.3) is 0 Å². The number of ether oxygens (including phenoxy) is 2. The van der Waals surface area contributed by atoms with Crippen molar-refractivity contribution in [3.05, 3.63) is 23.8 Å². The van der Waals surface area contributed by atoms with Crippen LogP contribution in [0.4, 0.5) is 0 Å². The number of rotatable bonds is 8.